The maximum atomic E-state index is 13.3. The third-order valence-corrected chi connectivity index (χ3v) is 8.17. The van der Waals surface area contributed by atoms with E-state index in [2.05, 4.69) is 10.2 Å². The lowest BCUT2D eigenvalue weighted by molar-refractivity contribution is -0.136. The number of imide groups is 1. The standard InChI is InChI=1S/C28H30FN3O4/c29-20-7-5-17(6-8-20)19-14-31(15-19)23-3-1-2-4-25(23)36-21-9-10-22-18(13-21)16-32(28(22)35)24-11-12-26(33)30-27(24)34/h5-10,13,19,23-25H,1-4,11-12,14-16H2,(H,30,33,34)/t23-,24+,25+/m0/s1. The predicted octanol–water partition coefficient (Wildman–Crippen LogP) is 3.38. The second-order valence-corrected chi connectivity index (χ2v) is 10.4. The molecule has 0 radical (unpaired) electrons. The van der Waals surface area contributed by atoms with Crippen molar-refractivity contribution in [2.24, 2.45) is 0 Å². The van der Waals surface area contributed by atoms with Crippen LogP contribution in [0.1, 0.15) is 65.9 Å². The molecular formula is C28H30FN3O4. The highest BCUT2D eigenvalue weighted by Gasteiger charge is 2.41. The van der Waals surface area contributed by atoms with Crippen LogP contribution in [0.25, 0.3) is 0 Å². The van der Waals surface area contributed by atoms with Gasteiger partial charge in [-0.05, 0) is 67.1 Å². The van der Waals surface area contributed by atoms with Crippen molar-refractivity contribution in [3.05, 3.63) is 65.0 Å². The van der Waals surface area contributed by atoms with E-state index in [4.69, 9.17) is 4.74 Å². The Labute approximate surface area is 209 Å². The number of hydrogen-bond donors (Lipinski definition) is 1. The minimum Gasteiger partial charge on any atom is -0.489 e. The summed E-state index contributed by atoms with van der Waals surface area (Å²) in [7, 11) is 0. The molecule has 2 aromatic rings. The zero-order chi connectivity index (χ0) is 24.8. The molecule has 3 amide bonds. The maximum absolute atomic E-state index is 13.3. The first-order chi connectivity index (χ1) is 17.5. The molecule has 4 aliphatic rings. The van der Waals surface area contributed by atoms with Gasteiger partial charge in [-0.1, -0.05) is 18.6 Å². The van der Waals surface area contributed by atoms with Crippen molar-refractivity contribution >= 4 is 17.7 Å². The first-order valence-electron chi connectivity index (χ1n) is 12.9. The summed E-state index contributed by atoms with van der Waals surface area (Å²) in [5.41, 5.74) is 2.64. The zero-order valence-electron chi connectivity index (χ0n) is 20.1. The summed E-state index contributed by atoms with van der Waals surface area (Å²) in [4.78, 5) is 40.8. The molecule has 0 bridgehead atoms. The van der Waals surface area contributed by atoms with Gasteiger partial charge < -0.3 is 9.64 Å². The van der Waals surface area contributed by atoms with Crippen LogP contribution in [0, 0.1) is 5.82 Å². The quantitative estimate of drug-likeness (QED) is 0.649. The van der Waals surface area contributed by atoms with Crippen LogP contribution in [-0.4, -0.2) is 58.8 Å². The highest BCUT2D eigenvalue weighted by Crippen LogP contribution is 2.36. The molecule has 3 atom stereocenters. The van der Waals surface area contributed by atoms with Crippen LogP contribution in [0.15, 0.2) is 42.5 Å². The minimum absolute atomic E-state index is 0.0781. The summed E-state index contributed by atoms with van der Waals surface area (Å²) in [5, 5.41) is 2.34. The first-order valence-corrected chi connectivity index (χ1v) is 12.9. The summed E-state index contributed by atoms with van der Waals surface area (Å²) < 4.78 is 19.8. The number of amides is 3. The number of rotatable bonds is 5. The Morgan fingerprint density at radius 1 is 0.944 bits per heavy atom. The van der Waals surface area contributed by atoms with Gasteiger partial charge in [-0.25, -0.2) is 4.39 Å². The van der Waals surface area contributed by atoms with Crippen LogP contribution in [-0.2, 0) is 16.1 Å². The van der Waals surface area contributed by atoms with Crippen LogP contribution in [0.4, 0.5) is 4.39 Å². The van der Waals surface area contributed by atoms with Crippen molar-refractivity contribution in [3.63, 3.8) is 0 Å². The Balaban J connectivity index is 1.11. The Hall–Kier alpha value is -3.26. The van der Waals surface area contributed by atoms with Gasteiger partial charge in [-0.15, -0.1) is 0 Å². The molecule has 8 heteroatoms. The van der Waals surface area contributed by atoms with Gasteiger partial charge in [0.25, 0.3) is 5.91 Å². The van der Waals surface area contributed by atoms with Gasteiger partial charge in [0, 0.05) is 43.6 Å². The third-order valence-electron chi connectivity index (χ3n) is 8.17. The first kappa shape index (κ1) is 23.2. The molecule has 0 unspecified atom stereocenters. The van der Waals surface area contributed by atoms with Crippen LogP contribution >= 0.6 is 0 Å². The van der Waals surface area contributed by atoms with E-state index in [0.29, 0.717) is 30.5 Å². The maximum Gasteiger partial charge on any atom is 0.255 e. The van der Waals surface area contributed by atoms with Gasteiger partial charge in [0.2, 0.25) is 11.8 Å². The van der Waals surface area contributed by atoms with E-state index in [1.165, 1.54) is 24.1 Å². The smallest absolute Gasteiger partial charge is 0.255 e. The Morgan fingerprint density at radius 2 is 1.72 bits per heavy atom. The van der Waals surface area contributed by atoms with E-state index in [-0.39, 0.29) is 30.2 Å². The molecule has 2 saturated heterocycles. The van der Waals surface area contributed by atoms with E-state index in [1.807, 2.05) is 24.3 Å². The summed E-state index contributed by atoms with van der Waals surface area (Å²) >= 11 is 0. The second-order valence-electron chi connectivity index (χ2n) is 10.4. The molecular weight excluding hydrogens is 461 g/mol. The molecule has 0 aromatic heterocycles. The number of nitrogens with zero attached hydrogens (tertiary/aromatic N) is 2. The van der Waals surface area contributed by atoms with Crippen LogP contribution in [0.2, 0.25) is 0 Å². The molecule has 1 N–H and O–H groups in total. The fourth-order valence-electron chi connectivity index (χ4n) is 6.16. The summed E-state index contributed by atoms with van der Waals surface area (Å²) in [6, 6.07) is 12.1. The number of halogens is 1. The number of carbonyl (C=O) groups is 3. The minimum atomic E-state index is -0.616. The molecule has 3 heterocycles. The molecule has 0 spiro atoms. The summed E-state index contributed by atoms with van der Waals surface area (Å²) in [6.07, 6.45) is 5.06. The molecule has 188 valence electrons. The van der Waals surface area contributed by atoms with E-state index in [9.17, 15) is 18.8 Å². The van der Waals surface area contributed by atoms with Gasteiger partial charge in [0.15, 0.2) is 0 Å². The summed E-state index contributed by atoms with van der Waals surface area (Å²) in [5.74, 6) is 0.115. The predicted molar refractivity (Wildman–Crippen MR) is 130 cm³/mol. The number of fused-ring (bicyclic) bond motifs is 1. The average Bonchev–Trinajstić information content (AvgIpc) is 3.16. The second kappa shape index (κ2) is 9.32. The Kier molecular flexibility index (Phi) is 5.99. The average molecular weight is 492 g/mol. The molecule has 2 aromatic carbocycles. The van der Waals surface area contributed by atoms with Crippen molar-refractivity contribution in [2.75, 3.05) is 13.1 Å². The number of nitrogens with one attached hydrogen (secondary N) is 1. The van der Waals surface area contributed by atoms with Crippen molar-refractivity contribution in [1.82, 2.24) is 15.1 Å². The topological polar surface area (TPSA) is 79.0 Å². The third kappa shape index (κ3) is 4.28. The lowest BCUT2D eigenvalue weighted by Crippen LogP contribution is -2.57. The van der Waals surface area contributed by atoms with Gasteiger partial charge >= 0.3 is 0 Å². The fraction of sp³-hybridized carbons (Fsp3) is 0.464. The molecule has 1 aliphatic carbocycles. The lowest BCUT2D eigenvalue weighted by atomic mass is 9.84. The highest BCUT2D eigenvalue weighted by molar-refractivity contribution is 6.05. The van der Waals surface area contributed by atoms with Crippen LogP contribution in [0.5, 0.6) is 5.75 Å². The van der Waals surface area contributed by atoms with E-state index in [1.54, 1.807) is 11.0 Å². The van der Waals surface area contributed by atoms with Crippen molar-refractivity contribution in [2.45, 2.75) is 69.2 Å². The normalized spacial score (nSPS) is 27.0. The van der Waals surface area contributed by atoms with Crippen molar-refractivity contribution < 1.29 is 23.5 Å². The number of likely N-dealkylation sites (tertiary alicyclic amines) is 1. The zero-order valence-corrected chi connectivity index (χ0v) is 20.1. The monoisotopic (exact) mass is 491 g/mol. The Bertz CT molecular complexity index is 1190. The molecule has 7 nitrogen and oxygen atoms in total. The number of piperidine rings is 1. The Morgan fingerprint density at radius 3 is 2.50 bits per heavy atom. The molecule has 3 aliphatic heterocycles. The number of ether oxygens (including phenoxy) is 1. The van der Waals surface area contributed by atoms with E-state index < -0.39 is 11.9 Å². The van der Waals surface area contributed by atoms with Crippen molar-refractivity contribution in [1.29, 1.82) is 0 Å². The number of hydrogen-bond acceptors (Lipinski definition) is 5. The van der Waals surface area contributed by atoms with Gasteiger partial charge in [-0.2, -0.15) is 0 Å². The van der Waals surface area contributed by atoms with E-state index >= 15 is 0 Å². The van der Waals surface area contributed by atoms with Gasteiger partial charge in [0.05, 0.1) is 0 Å². The van der Waals surface area contributed by atoms with Crippen LogP contribution < -0.4 is 10.1 Å². The van der Waals surface area contributed by atoms with E-state index in [0.717, 1.165) is 43.7 Å². The largest absolute Gasteiger partial charge is 0.489 e. The lowest BCUT2D eigenvalue weighted by Gasteiger charge is -2.48. The SMILES string of the molecule is O=C1CC[C@@H](N2Cc3cc(O[C@@H]4CCCC[C@@H]4N4CC(c5ccc(F)cc5)C4)ccc3C2=O)C(=O)N1. The number of carbonyl (C=O) groups excluding carboxylic acids is 3. The number of benzene rings is 2. The molecule has 6 rings (SSSR count). The van der Waals surface area contributed by atoms with Crippen LogP contribution in [0.3, 0.4) is 0 Å². The van der Waals surface area contributed by atoms with Crippen molar-refractivity contribution in [3.8, 4) is 5.75 Å². The van der Waals surface area contributed by atoms with Gasteiger partial charge in [0.1, 0.15) is 23.7 Å². The summed E-state index contributed by atoms with van der Waals surface area (Å²) in [6.45, 7) is 2.25. The molecule has 3 fully saturated rings. The van der Waals surface area contributed by atoms with Gasteiger partial charge in [-0.3, -0.25) is 24.6 Å². The fourth-order valence-corrected chi connectivity index (χ4v) is 6.16. The highest BCUT2D eigenvalue weighted by atomic mass is 19.1. The molecule has 1 saturated carbocycles. The molecule has 36 heavy (non-hydrogen) atoms.